The van der Waals surface area contributed by atoms with Gasteiger partial charge in [0.25, 0.3) is 0 Å². The molecule has 88 valence electrons. The van der Waals surface area contributed by atoms with Crippen molar-refractivity contribution >= 4 is 5.97 Å². The lowest BCUT2D eigenvalue weighted by Crippen LogP contribution is -2.06. The fourth-order valence-corrected chi connectivity index (χ4v) is 1.33. The number of aromatic nitrogens is 3. The van der Waals surface area contributed by atoms with E-state index in [4.69, 9.17) is 4.74 Å². The van der Waals surface area contributed by atoms with Gasteiger partial charge in [-0.05, 0) is 18.6 Å². The third-order valence-corrected chi connectivity index (χ3v) is 2.16. The smallest absolute Gasteiger partial charge is 0.360 e. The first-order valence-corrected chi connectivity index (χ1v) is 5.46. The largest absolute Gasteiger partial charge is 0.461 e. The zero-order valence-electron chi connectivity index (χ0n) is 9.54. The summed E-state index contributed by atoms with van der Waals surface area (Å²) in [6, 6.07) is 9.47. The van der Waals surface area contributed by atoms with E-state index < -0.39 is 5.97 Å². The van der Waals surface area contributed by atoms with Gasteiger partial charge in [0.1, 0.15) is 0 Å². The Morgan fingerprint density at radius 2 is 2.12 bits per heavy atom. The van der Waals surface area contributed by atoms with Crippen LogP contribution in [0.15, 0.2) is 36.5 Å². The lowest BCUT2D eigenvalue weighted by Gasteiger charge is -1.98. The molecule has 2 rings (SSSR count). The van der Waals surface area contributed by atoms with Gasteiger partial charge in [-0.25, -0.2) is 9.48 Å². The van der Waals surface area contributed by atoms with Gasteiger partial charge >= 0.3 is 5.97 Å². The molecule has 0 aliphatic carbocycles. The maximum Gasteiger partial charge on any atom is 0.360 e. The maximum absolute atomic E-state index is 11.5. The Balaban J connectivity index is 2.14. The average Bonchev–Trinajstić information content (AvgIpc) is 2.86. The van der Waals surface area contributed by atoms with Crippen LogP contribution in [-0.4, -0.2) is 27.6 Å². The van der Waals surface area contributed by atoms with E-state index >= 15 is 0 Å². The highest BCUT2D eigenvalue weighted by Gasteiger charge is 2.12. The minimum absolute atomic E-state index is 0.224. The molecule has 17 heavy (non-hydrogen) atoms. The number of benzene rings is 1. The highest BCUT2D eigenvalue weighted by molar-refractivity contribution is 5.86. The second-order valence-electron chi connectivity index (χ2n) is 3.52. The minimum atomic E-state index is -0.436. The number of carbonyl (C=O) groups excluding carboxylic acids is 1. The first-order chi connectivity index (χ1) is 8.31. The number of hydrogen-bond acceptors (Lipinski definition) is 4. The van der Waals surface area contributed by atoms with Crippen LogP contribution in [0.1, 0.15) is 23.8 Å². The molecule has 0 radical (unpaired) electrons. The van der Waals surface area contributed by atoms with Crippen molar-refractivity contribution in [2.45, 2.75) is 13.3 Å². The first-order valence-electron chi connectivity index (χ1n) is 5.46. The van der Waals surface area contributed by atoms with Crippen molar-refractivity contribution in [2.24, 2.45) is 0 Å². The molecular weight excluding hydrogens is 218 g/mol. The van der Waals surface area contributed by atoms with Gasteiger partial charge in [0.15, 0.2) is 5.69 Å². The first kappa shape index (κ1) is 11.3. The lowest BCUT2D eigenvalue weighted by atomic mass is 10.3. The van der Waals surface area contributed by atoms with Crippen molar-refractivity contribution in [3.05, 3.63) is 42.2 Å². The van der Waals surface area contributed by atoms with Gasteiger partial charge in [0.2, 0.25) is 0 Å². The molecule has 0 aliphatic heterocycles. The SMILES string of the molecule is CCCOC(=O)c1cn(-c2ccccc2)nn1. The molecular formula is C12H13N3O2. The van der Waals surface area contributed by atoms with Gasteiger partial charge in [0.05, 0.1) is 18.5 Å². The van der Waals surface area contributed by atoms with Gasteiger partial charge in [-0.15, -0.1) is 5.10 Å². The third-order valence-electron chi connectivity index (χ3n) is 2.16. The Bertz CT molecular complexity index is 493. The molecule has 0 saturated heterocycles. The van der Waals surface area contributed by atoms with Crippen LogP contribution in [0.25, 0.3) is 5.69 Å². The van der Waals surface area contributed by atoms with Crippen LogP contribution in [-0.2, 0) is 4.74 Å². The number of esters is 1. The predicted molar refractivity (Wildman–Crippen MR) is 61.9 cm³/mol. The van der Waals surface area contributed by atoms with Gasteiger partial charge in [0, 0.05) is 0 Å². The Kier molecular flexibility index (Phi) is 3.49. The van der Waals surface area contributed by atoms with Crippen molar-refractivity contribution in [3.63, 3.8) is 0 Å². The van der Waals surface area contributed by atoms with Crippen LogP contribution in [0.5, 0.6) is 0 Å². The van der Waals surface area contributed by atoms with Gasteiger partial charge in [-0.2, -0.15) is 0 Å². The fourth-order valence-electron chi connectivity index (χ4n) is 1.33. The molecule has 0 spiro atoms. The summed E-state index contributed by atoms with van der Waals surface area (Å²) in [7, 11) is 0. The zero-order chi connectivity index (χ0) is 12.1. The quantitative estimate of drug-likeness (QED) is 0.753. The Labute approximate surface area is 99.0 Å². The maximum atomic E-state index is 11.5. The van der Waals surface area contributed by atoms with Crippen molar-refractivity contribution in [1.82, 2.24) is 15.0 Å². The fraction of sp³-hybridized carbons (Fsp3) is 0.250. The second-order valence-corrected chi connectivity index (χ2v) is 3.52. The molecule has 1 heterocycles. The van der Waals surface area contributed by atoms with Crippen LogP contribution in [0.4, 0.5) is 0 Å². The molecule has 0 fully saturated rings. The third kappa shape index (κ3) is 2.69. The zero-order valence-corrected chi connectivity index (χ0v) is 9.54. The molecule has 0 unspecified atom stereocenters. The highest BCUT2D eigenvalue weighted by atomic mass is 16.5. The number of hydrogen-bond donors (Lipinski definition) is 0. The van der Waals surface area contributed by atoms with Gasteiger partial charge < -0.3 is 4.74 Å². The van der Waals surface area contributed by atoms with Gasteiger partial charge in [-0.1, -0.05) is 30.3 Å². The minimum Gasteiger partial charge on any atom is -0.461 e. The number of rotatable bonds is 4. The molecule has 5 heteroatoms. The Morgan fingerprint density at radius 1 is 1.35 bits per heavy atom. The summed E-state index contributed by atoms with van der Waals surface area (Å²) in [6.45, 7) is 2.34. The summed E-state index contributed by atoms with van der Waals surface area (Å²) in [6.07, 6.45) is 2.35. The van der Waals surface area contributed by atoms with Crippen molar-refractivity contribution in [2.75, 3.05) is 6.61 Å². The Hall–Kier alpha value is -2.17. The molecule has 0 saturated carbocycles. The normalized spacial score (nSPS) is 10.2. The number of para-hydroxylation sites is 1. The molecule has 2 aromatic rings. The van der Waals surface area contributed by atoms with Crippen LogP contribution >= 0.6 is 0 Å². The van der Waals surface area contributed by atoms with Crippen LogP contribution in [0, 0.1) is 0 Å². The van der Waals surface area contributed by atoms with E-state index in [1.807, 2.05) is 37.3 Å². The van der Waals surface area contributed by atoms with E-state index in [1.54, 1.807) is 10.9 Å². The average molecular weight is 231 g/mol. The number of carbonyl (C=O) groups is 1. The second kappa shape index (κ2) is 5.25. The lowest BCUT2D eigenvalue weighted by molar-refractivity contribution is 0.0498. The van der Waals surface area contributed by atoms with Crippen LogP contribution < -0.4 is 0 Å². The standard InChI is InChI=1S/C12H13N3O2/c1-2-8-17-12(16)11-9-15(14-13-11)10-6-4-3-5-7-10/h3-7,9H,2,8H2,1H3. The molecule has 5 nitrogen and oxygen atoms in total. The topological polar surface area (TPSA) is 57.0 Å². The van der Waals surface area contributed by atoms with Crippen molar-refractivity contribution in [1.29, 1.82) is 0 Å². The summed E-state index contributed by atoms with van der Waals surface area (Å²) < 4.78 is 6.52. The van der Waals surface area contributed by atoms with E-state index in [-0.39, 0.29) is 5.69 Å². The van der Waals surface area contributed by atoms with E-state index in [2.05, 4.69) is 10.3 Å². The summed E-state index contributed by atoms with van der Waals surface area (Å²) in [5.41, 5.74) is 1.08. The van der Waals surface area contributed by atoms with E-state index in [9.17, 15) is 4.79 Å². The van der Waals surface area contributed by atoms with E-state index in [0.717, 1.165) is 12.1 Å². The highest BCUT2D eigenvalue weighted by Crippen LogP contribution is 2.06. The molecule has 0 N–H and O–H groups in total. The summed E-state index contributed by atoms with van der Waals surface area (Å²) in [5, 5.41) is 7.67. The molecule has 1 aromatic carbocycles. The van der Waals surface area contributed by atoms with E-state index in [0.29, 0.717) is 6.61 Å². The predicted octanol–water partition coefficient (Wildman–Crippen LogP) is 1.83. The van der Waals surface area contributed by atoms with Crippen molar-refractivity contribution < 1.29 is 9.53 Å². The molecule has 1 aromatic heterocycles. The Morgan fingerprint density at radius 3 is 2.82 bits per heavy atom. The number of ether oxygens (including phenoxy) is 1. The monoisotopic (exact) mass is 231 g/mol. The molecule has 0 aliphatic rings. The molecule has 0 amide bonds. The van der Waals surface area contributed by atoms with E-state index in [1.165, 1.54) is 0 Å². The summed E-state index contributed by atoms with van der Waals surface area (Å²) in [5.74, 6) is -0.436. The van der Waals surface area contributed by atoms with Crippen molar-refractivity contribution in [3.8, 4) is 5.69 Å². The summed E-state index contributed by atoms with van der Waals surface area (Å²) in [4.78, 5) is 11.5. The van der Waals surface area contributed by atoms with Crippen LogP contribution in [0.3, 0.4) is 0 Å². The van der Waals surface area contributed by atoms with Crippen LogP contribution in [0.2, 0.25) is 0 Å². The number of nitrogens with zero attached hydrogens (tertiary/aromatic N) is 3. The molecule has 0 bridgehead atoms. The molecule has 0 atom stereocenters. The summed E-state index contributed by atoms with van der Waals surface area (Å²) >= 11 is 0. The van der Waals surface area contributed by atoms with Gasteiger partial charge in [-0.3, -0.25) is 0 Å².